The molecule has 1 heterocycles. The Morgan fingerprint density at radius 1 is 1.40 bits per heavy atom. The van der Waals surface area contributed by atoms with Crippen LogP contribution in [0.4, 0.5) is 0 Å². The highest BCUT2D eigenvalue weighted by Crippen LogP contribution is 2.32. The van der Waals surface area contributed by atoms with Crippen molar-refractivity contribution in [2.45, 2.75) is 76.4 Å². The zero-order chi connectivity index (χ0) is 15.6. The van der Waals surface area contributed by atoms with E-state index in [0.717, 1.165) is 12.8 Å². The van der Waals surface area contributed by atoms with Gasteiger partial charge in [-0.1, -0.05) is 0 Å². The normalized spacial score (nSPS) is 22.9. The van der Waals surface area contributed by atoms with Crippen LogP contribution in [0.1, 0.15) is 53.9 Å². The van der Waals surface area contributed by atoms with E-state index in [9.17, 15) is 4.79 Å². The molecule has 0 aromatic carbocycles. The van der Waals surface area contributed by atoms with Gasteiger partial charge in [0.15, 0.2) is 0 Å². The second kappa shape index (κ2) is 6.32. The summed E-state index contributed by atoms with van der Waals surface area (Å²) in [5.74, 6) is -0.0691. The van der Waals surface area contributed by atoms with E-state index < -0.39 is 5.38 Å². The number of nitrogens with zero attached hydrogens (tertiary/aromatic N) is 2. The number of amides is 1. The molecule has 1 fully saturated rings. The van der Waals surface area contributed by atoms with Crippen molar-refractivity contribution in [3.63, 3.8) is 0 Å². The lowest BCUT2D eigenvalue weighted by molar-refractivity contribution is -0.134. The number of hydrogen-bond acceptors (Lipinski definition) is 3. The summed E-state index contributed by atoms with van der Waals surface area (Å²) >= 11 is 5.97. The Kier molecular flexibility index (Phi) is 5.46. The third-order valence-corrected chi connectivity index (χ3v) is 3.88. The van der Waals surface area contributed by atoms with E-state index in [4.69, 9.17) is 16.9 Å². The van der Waals surface area contributed by atoms with E-state index in [1.807, 2.05) is 4.90 Å². The van der Waals surface area contributed by atoms with Gasteiger partial charge in [0.2, 0.25) is 5.91 Å². The van der Waals surface area contributed by atoms with Crippen LogP contribution in [0.15, 0.2) is 0 Å². The number of piperidine rings is 1. The van der Waals surface area contributed by atoms with Gasteiger partial charge in [-0.3, -0.25) is 4.79 Å². The van der Waals surface area contributed by atoms with E-state index in [-0.39, 0.29) is 23.0 Å². The fourth-order valence-corrected chi connectivity index (χ4v) is 3.49. The maximum absolute atomic E-state index is 12.3. The SMILES string of the molecule is CC(Cl)C(=O)N(CCC#N)C1CC(C)(C)NC(C)(C)C1. The zero-order valence-corrected chi connectivity index (χ0v) is 13.9. The van der Waals surface area contributed by atoms with E-state index in [0.29, 0.717) is 13.0 Å². The largest absolute Gasteiger partial charge is 0.337 e. The molecule has 1 N–H and O–H groups in total. The van der Waals surface area contributed by atoms with Gasteiger partial charge in [0.25, 0.3) is 0 Å². The van der Waals surface area contributed by atoms with Crippen molar-refractivity contribution in [2.75, 3.05) is 6.54 Å². The number of nitriles is 1. The van der Waals surface area contributed by atoms with Gasteiger partial charge in [-0.05, 0) is 47.5 Å². The molecule has 1 aliphatic heterocycles. The molecule has 1 amide bonds. The maximum Gasteiger partial charge on any atom is 0.240 e. The smallest absolute Gasteiger partial charge is 0.240 e. The highest BCUT2D eigenvalue weighted by Gasteiger charge is 2.41. The molecular weight excluding hydrogens is 274 g/mol. The molecule has 0 aromatic heterocycles. The molecule has 1 aliphatic rings. The Labute approximate surface area is 127 Å². The molecular formula is C15H26ClN3O. The first-order chi connectivity index (χ1) is 9.08. The van der Waals surface area contributed by atoms with Crippen LogP contribution < -0.4 is 5.32 Å². The second-order valence-corrected chi connectivity index (χ2v) is 7.67. The lowest BCUT2D eigenvalue weighted by atomic mass is 9.79. The van der Waals surface area contributed by atoms with E-state index in [1.165, 1.54) is 0 Å². The lowest BCUT2D eigenvalue weighted by Gasteiger charge is -2.49. The van der Waals surface area contributed by atoms with Crippen LogP contribution in [0.3, 0.4) is 0 Å². The van der Waals surface area contributed by atoms with Crippen molar-refractivity contribution in [2.24, 2.45) is 0 Å². The molecule has 0 radical (unpaired) electrons. The number of alkyl halides is 1. The Morgan fingerprint density at radius 3 is 2.30 bits per heavy atom. The Balaban J connectivity index is 2.95. The van der Waals surface area contributed by atoms with Crippen molar-refractivity contribution in [3.05, 3.63) is 0 Å². The molecule has 0 aliphatic carbocycles. The molecule has 0 aromatic rings. The molecule has 0 saturated carbocycles. The third-order valence-electron chi connectivity index (χ3n) is 3.70. The van der Waals surface area contributed by atoms with Gasteiger partial charge < -0.3 is 10.2 Å². The number of halogens is 1. The van der Waals surface area contributed by atoms with Crippen LogP contribution in [-0.2, 0) is 4.79 Å². The van der Waals surface area contributed by atoms with Gasteiger partial charge >= 0.3 is 0 Å². The monoisotopic (exact) mass is 299 g/mol. The standard InChI is InChI=1S/C15H26ClN3O/c1-11(16)13(20)19(8-6-7-17)12-9-14(2,3)18-15(4,5)10-12/h11-12,18H,6,8-10H2,1-5H3. The third kappa shape index (κ3) is 4.64. The number of carbonyl (C=O) groups is 1. The maximum atomic E-state index is 12.3. The topological polar surface area (TPSA) is 56.1 Å². The first kappa shape index (κ1) is 17.3. The summed E-state index contributed by atoms with van der Waals surface area (Å²) in [6.07, 6.45) is 2.09. The minimum atomic E-state index is -0.546. The van der Waals surface area contributed by atoms with Crippen molar-refractivity contribution in [3.8, 4) is 6.07 Å². The quantitative estimate of drug-likeness (QED) is 0.812. The molecule has 1 rings (SSSR count). The van der Waals surface area contributed by atoms with Crippen LogP contribution in [-0.4, -0.2) is 39.8 Å². The summed E-state index contributed by atoms with van der Waals surface area (Å²) in [6.45, 7) is 10.8. The average molecular weight is 300 g/mol. The summed E-state index contributed by atoms with van der Waals surface area (Å²) in [5, 5.41) is 11.9. The van der Waals surface area contributed by atoms with Crippen LogP contribution in [0.25, 0.3) is 0 Å². The Hall–Kier alpha value is -0.790. The van der Waals surface area contributed by atoms with Crippen LogP contribution in [0, 0.1) is 11.3 Å². The van der Waals surface area contributed by atoms with Gasteiger partial charge in [0, 0.05) is 23.7 Å². The van der Waals surface area contributed by atoms with E-state index >= 15 is 0 Å². The number of carbonyl (C=O) groups excluding carboxylic acids is 1. The Bertz CT molecular complexity index is 382. The molecule has 4 nitrogen and oxygen atoms in total. The van der Waals surface area contributed by atoms with Crippen LogP contribution in [0.2, 0.25) is 0 Å². The highest BCUT2D eigenvalue weighted by atomic mass is 35.5. The summed E-state index contributed by atoms with van der Waals surface area (Å²) in [6, 6.07) is 2.25. The Morgan fingerprint density at radius 2 is 1.90 bits per heavy atom. The molecule has 0 spiro atoms. The zero-order valence-electron chi connectivity index (χ0n) is 13.2. The van der Waals surface area contributed by atoms with Crippen molar-refractivity contribution in [1.29, 1.82) is 5.26 Å². The van der Waals surface area contributed by atoms with Crippen molar-refractivity contribution < 1.29 is 4.79 Å². The van der Waals surface area contributed by atoms with E-state index in [2.05, 4.69) is 39.1 Å². The van der Waals surface area contributed by atoms with Crippen LogP contribution in [0.5, 0.6) is 0 Å². The van der Waals surface area contributed by atoms with Crippen molar-refractivity contribution in [1.82, 2.24) is 10.2 Å². The lowest BCUT2D eigenvalue weighted by Crippen LogP contribution is -2.63. The highest BCUT2D eigenvalue weighted by molar-refractivity contribution is 6.30. The van der Waals surface area contributed by atoms with Crippen molar-refractivity contribution >= 4 is 17.5 Å². The summed E-state index contributed by atoms with van der Waals surface area (Å²) in [7, 11) is 0. The first-order valence-corrected chi connectivity index (χ1v) is 7.62. The number of rotatable bonds is 4. The predicted octanol–water partition coefficient (Wildman–Crippen LogP) is 2.67. The molecule has 0 bridgehead atoms. The number of nitrogens with one attached hydrogen (secondary N) is 1. The summed E-state index contributed by atoms with van der Waals surface area (Å²) in [5.41, 5.74) is -0.0692. The number of hydrogen-bond donors (Lipinski definition) is 1. The molecule has 5 heteroatoms. The van der Waals surface area contributed by atoms with Gasteiger partial charge in [0.1, 0.15) is 5.38 Å². The second-order valence-electron chi connectivity index (χ2n) is 7.01. The minimum Gasteiger partial charge on any atom is -0.337 e. The van der Waals surface area contributed by atoms with Crippen LogP contribution >= 0.6 is 11.6 Å². The van der Waals surface area contributed by atoms with Gasteiger partial charge in [0.05, 0.1) is 12.5 Å². The van der Waals surface area contributed by atoms with E-state index in [1.54, 1.807) is 6.92 Å². The molecule has 1 unspecified atom stereocenters. The fraction of sp³-hybridized carbons (Fsp3) is 0.867. The minimum absolute atomic E-state index is 0.0346. The average Bonchev–Trinajstić information content (AvgIpc) is 2.24. The van der Waals surface area contributed by atoms with Gasteiger partial charge in [-0.15, -0.1) is 11.6 Å². The fourth-order valence-electron chi connectivity index (χ4n) is 3.36. The summed E-state index contributed by atoms with van der Waals surface area (Å²) in [4.78, 5) is 14.1. The van der Waals surface area contributed by atoms with Gasteiger partial charge in [-0.25, -0.2) is 0 Å². The predicted molar refractivity (Wildman–Crippen MR) is 81.6 cm³/mol. The first-order valence-electron chi connectivity index (χ1n) is 7.19. The molecule has 114 valence electrons. The van der Waals surface area contributed by atoms with Gasteiger partial charge in [-0.2, -0.15) is 5.26 Å². The molecule has 1 saturated heterocycles. The summed E-state index contributed by atoms with van der Waals surface area (Å²) < 4.78 is 0. The molecule has 20 heavy (non-hydrogen) atoms. The molecule has 1 atom stereocenters.